The fourth-order valence-corrected chi connectivity index (χ4v) is 1.05. The van der Waals surface area contributed by atoms with E-state index in [9.17, 15) is 0 Å². The van der Waals surface area contributed by atoms with Gasteiger partial charge in [-0.25, -0.2) is 9.97 Å². The first-order chi connectivity index (χ1) is 6.09. The molecule has 0 aliphatic rings. The van der Waals surface area contributed by atoms with Crippen molar-refractivity contribution >= 4 is 33.3 Å². The minimum Gasteiger partial charge on any atom is -0.365 e. The Morgan fingerprint density at radius 1 is 1.77 bits per heavy atom. The van der Waals surface area contributed by atoms with Crippen LogP contribution in [-0.4, -0.2) is 16.5 Å². The summed E-state index contributed by atoms with van der Waals surface area (Å²) in [6.45, 7) is 6.23. The van der Waals surface area contributed by atoms with Crippen molar-refractivity contribution in [3.63, 3.8) is 0 Å². The Morgan fingerprint density at radius 2 is 2.46 bits per heavy atom. The van der Waals surface area contributed by atoms with Crippen LogP contribution in [0.2, 0.25) is 5.28 Å². The zero-order chi connectivity index (χ0) is 9.84. The van der Waals surface area contributed by atoms with E-state index < -0.39 is 0 Å². The molecule has 1 heterocycles. The molecule has 1 aromatic rings. The molecule has 1 N–H and O–H groups in total. The number of nitrogens with zero attached hydrogens (tertiary/aromatic N) is 2. The molecule has 1 aromatic heterocycles. The van der Waals surface area contributed by atoms with Gasteiger partial charge in [0.2, 0.25) is 5.28 Å². The largest absolute Gasteiger partial charge is 0.365 e. The number of nitrogens with one attached hydrogen (secondary N) is 1. The lowest BCUT2D eigenvalue weighted by molar-refractivity contribution is 1.10. The fraction of sp³-hybridized carbons (Fsp3) is 0.250. The van der Waals surface area contributed by atoms with Crippen LogP contribution in [0.1, 0.15) is 5.56 Å². The van der Waals surface area contributed by atoms with Gasteiger partial charge in [-0.3, -0.25) is 0 Å². The van der Waals surface area contributed by atoms with Gasteiger partial charge in [-0.2, -0.15) is 0 Å². The lowest BCUT2D eigenvalue weighted by Gasteiger charge is -2.06. The van der Waals surface area contributed by atoms with Crippen LogP contribution in [0.4, 0.5) is 5.82 Å². The Hall–Kier alpha value is -0.610. The number of aryl methyl sites for hydroxylation is 1. The summed E-state index contributed by atoms with van der Waals surface area (Å²) in [6.07, 6.45) is 1.68. The Morgan fingerprint density at radius 3 is 3.08 bits per heavy atom. The molecule has 0 saturated heterocycles. The normalized spacial score (nSPS) is 9.77. The summed E-state index contributed by atoms with van der Waals surface area (Å²) >= 11 is 8.88. The van der Waals surface area contributed by atoms with Gasteiger partial charge < -0.3 is 5.32 Å². The van der Waals surface area contributed by atoms with Crippen LogP contribution in [-0.2, 0) is 0 Å². The van der Waals surface area contributed by atoms with E-state index in [1.807, 2.05) is 6.92 Å². The highest BCUT2D eigenvalue weighted by atomic mass is 79.9. The van der Waals surface area contributed by atoms with Crippen LogP contribution < -0.4 is 5.32 Å². The van der Waals surface area contributed by atoms with Crippen LogP contribution in [0.3, 0.4) is 0 Å². The monoisotopic (exact) mass is 261 g/mol. The first kappa shape index (κ1) is 10.5. The van der Waals surface area contributed by atoms with Crippen molar-refractivity contribution in [3.8, 4) is 0 Å². The van der Waals surface area contributed by atoms with E-state index in [1.165, 1.54) is 0 Å². The molecule has 70 valence electrons. The second kappa shape index (κ2) is 4.58. The van der Waals surface area contributed by atoms with Crippen molar-refractivity contribution < 1.29 is 0 Å². The number of rotatable bonds is 3. The molecule has 13 heavy (non-hydrogen) atoms. The quantitative estimate of drug-likeness (QED) is 0.851. The smallest absolute Gasteiger partial charge is 0.224 e. The number of hydrogen-bond acceptors (Lipinski definition) is 3. The molecule has 0 saturated carbocycles. The van der Waals surface area contributed by atoms with Crippen LogP contribution >= 0.6 is 27.5 Å². The summed E-state index contributed by atoms with van der Waals surface area (Å²) in [5, 5.41) is 3.32. The fourth-order valence-electron chi connectivity index (χ4n) is 0.779. The molecular weight excluding hydrogens is 253 g/mol. The Bertz CT molecular complexity index is 327. The number of aromatic nitrogens is 2. The summed E-state index contributed by atoms with van der Waals surface area (Å²) < 4.78 is 0.863. The minimum absolute atomic E-state index is 0.244. The zero-order valence-corrected chi connectivity index (χ0v) is 9.48. The highest BCUT2D eigenvalue weighted by Crippen LogP contribution is 2.13. The summed E-state index contributed by atoms with van der Waals surface area (Å²) in [4.78, 5) is 7.87. The predicted molar refractivity (Wildman–Crippen MR) is 58.3 cm³/mol. The molecule has 0 aliphatic heterocycles. The molecule has 0 aliphatic carbocycles. The molecular formula is C8H9BrClN3. The van der Waals surface area contributed by atoms with Crippen molar-refractivity contribution in [2.45, 2.75) is 6.92 Å². The van der Waals surface area contributed by atoms with Gasteiger partial charge in [0.05, 0.1) is 0 Å². The SMILES string of the molecule is C=C(Br)CNc1nc(Cl)ncc1C. The Balaban J connectivity index is 2.75. The molecule has 5 heteroatoms. The first-order valence-electron chi connectivity index (χ1n) is 3.66. The molecule has 3 nitrogen and oxygen atoms in total. The number of hydrogen-bond donors (Lipinski definition) is 1. The minimum atomic E-state index is 0.244. The van der Waals surface area contributed by atoms with Crippen LogP contribution in [0.25, 0.3) is 0 Å². The summed E-state index contributed by atoms with van der Waals surface area (Å²) in [6, 6.07) is 0. The van der Waals surface area contributed by atoms with E-state index in [0.29, 0.717) is 6.54 Å². The number of halogens is 2. The summed E-state index contributed by atoms with van der Waals surface area (Å²) in [5.41, 5.74) is 0.957. The maximum Gasteiger partial charge on any atom is 0.224 e. The summed E-state index contributed by atoms with van der Waals surface area (Å²) in [5.74, 6) is 0.737. The zero-order valence-electron chi connectivity index (χ0n) is 7.14. The second-order valence-corrected chi connectivity index (χ2v) is 4.00. The average molecular weight is 263 g/mol. The van der Waals surface area contributed by atoms with E-state index in [2.05, 4.69) is 37.8 Å². The van der Waals surface area contributed by atoms with Gasteiger partial charge in [0.15, 0.2) is 0 Å². The lowest BCUT2D eigenvalue weighted by atomic mass is 10.3. The van der Waals surface area contributed by atoms with Crippen molar-refractivity contribution in [1.29, 1.82) is 0 Å². The molecule has 0 amide bonds. The van der Waals surface area contributed by atoms with E-state index in [1.54, 1.807) is 6.20 Å². The summed E-state index contributed by atoms with van der Waals surface area (Å²) in [7, 11) is 0. The third-order valence-corrected chi connectivity index (χ3v) is 1.85. The topological polar surface area (TPSA) is 37.8 Å². The van der Waals surface area contributed by atoms with E-state index in [0.717, 1.165) is 15.9 Å². The van der Waals surface area contributed by atoms with Crippen molar-refractivity contribution in [3.05, 3.63) is 28.1 Å². The predicted octanol–water partition coefficient (Wildman–Crippen LogP) is 2.76. The third-order valence-electron chi connectivity index (χ3n) is 1.39. The van der Waals surface area contributed by atoms with Crippen molar-refractivity contribution in [2.75, 3.05) is 11.9 Å². The molecule has 0 aromatic carbocycles. The van der Waals surface area contributed by atoms with Gasteiger partial charge >= 0.3 is 0 Å². The van der Waals surface area contributed by atoms with Crippen LogP contribution in [0, 0.1) is 6.92 Å². The van der Waals surface area contributed by atoms with E-state index in [4.69, 9.17) is 11.6 Å². The first-order valence-corrected chi connectivity index (χ1v) is 4.83. The molecule has 0 atom stereocenters. The van der Waals surface area contributed by atoms with Gasteiger partial charge in [0, 0.05) is 22.8 Å². The highest BCUT2D eigenvalue weighted by Gasteiger charge is 2.00. The maximum absolute atomic E-state index is 5.64. The molecule has 0 fully saturated rings. The molecule has 0 spiro atoms. The van der Waals surface area contributed by atoms with E-state index in [-0.39, 0.29) is 5.28 Å². The highest BCUT2D eigenvalue weighted by molar-refractivity contribution is 9.11. The van der Waals surface area contributed by atoms with Gasteiger partial charge in [-0.15, -0.1) is 0 Å². The standard InChI is InChI=1S/C8H9BrClN3/c1-5-3-12-8(10)13-7(5)11-4-6(2)9/h3H,2,4H2,1H3,(H,11,12,13). The third kappa shape index (κ3) is 3.32. The van der Waals surface area contributed by atoms with Crippen molar-refractivity contribution in [1.82, 2.24) is 9.97 Å². The molecule has 0 radical (unpaired) electrons. The van der Waals surface area contributed by atoms with Gasteiger partial charge in [0.1, 0.15) is 5.82 Å². The van der Waals surface area contributed by atoms with E-state index >= 15 is 0 Å². The van der Waals surface area contributed by atoms with Gasteiger partial charge in [0.25, 0.3) is 0 Å². The Labute approximate surface area is 90.4 Å². The van der Waals surface area contributed by atoms with Crippen molar-refractivity contribution in [2.24, 2.45) is 0 Å². The lowest BCUT2D eigenvalue weighted by Crippen LogP contribution is -2.05. The van der Waals surface area contributed by atoms with Crippen LogP contribution in [0.15, 0.2) is 17.3 Å². The number of anilines is 1. The average Bonchev–Trinajstić information content (AvgIpc) is 2.06. The Kier molecular flexibility index (Phi) is 3.69. The molecule has 0 bridgehead atoms. The van der Waals surface area contributed by atoms with Gasteiger partial charge in [-0.05, 0) is 18.5 Å². The second-order valence-electron chi connectivity index (χ2n) is 2.54. The molecule has 1 rings (SSSR count). The maximum atomic E-state index is 5.64. The van der Waals surface area contributed by atoms with Crippen LogP contribution in [0.5, 0.6) is 0 Å². The molecule has 0 unspecified atom stereocenters. The van der Waals surface area contributed by atoms with Gasteiger partial charge in [-0.1, -0.05) is 22.5 Å².